The van der Waals surface area contributed by atoms with Crippen LogP contribution in [-0.2, 0) is 23.0 Å². The van der Waals surface area contributed by atoms with Crippen molar-refractivity contribution in [2.45, 2.75) is 33.6 Å². The molecule has 4 heterocycles. The SMILES string of the molecule is Cc1nc2c(c(C)nn2C)c(C)c1CCC(=O)Nc1ccc2nc(N3CCOCC3)sc2c1. The van der Waals surface area contributed by atoms with Crippen molar-refractivity contribution in [2.24, 2.45) is 7.05 Å². The molecule has 33 heavy (non-hydrogen) atoms. The number of carbonyl (C=O) groups is 1. The van der Waals surface area contributed by atoms with Gasteiger partial charge in [-0.05, 0) is 56.5 Å². The molecule has 4 aromatic rings. The number of aromatic nitrogens is 4. The number of hydrogen-bond acceptors (Lipinski definition) is 7. The van der Waals surface area contributed by atoms with Gasteiger partial charge in [-0.3, -0.25) is 9.48 Å². The van der Waals surface area contributed by atoms with Crippen LogP contribution in [0.5, 0.6) is 0 Å². The molecule has 3 aromatic heterocycles. The van der Waals surface area contributed by atoms with Crippen LogP contribution in [0.3, 0.4) is 0 Å². The second-order valence-corrected chi connectivity index (χ2v) is 9.54. The molecule has 1 fully saturated rings. The Labute approximate surface area is 196 Å². The van der Waals surface area contributed by atoms with Crippen LogP contribution in [-0.4, -0.2) is 52.0 Å². The molecule has 0 unspecified atom stereocenters. The van der Waals surface area contributed by atoms with Crippen LogP contribution < -0.4 is 10.2 Å². The molecule has 0 aliphatic carbocycles. The zero-order valence-electron chi connectivity index (χ0n) is 19.4. The third kappa shape index (κ3) is 4.18. The van der Waals surface area contributed by atoms with Gasteiger partial charge in [0.05, 0.1) is 29.1 Å². The summed E-state index contributed by atoms with van der Waals surface area (Å²) < 4.78 is 8.33. The van der Waals surface area contributed by atoms with Gasteiger partial charge in [-0.2, -0.15) is 5.10 Å². The van der Waals surface area contributed by atoms with Crippen LogP contribution in [0.4, 0.5) is 10.8 Å². The van der Waals surface area contributed by atoms with E-state index in [-0.39, 0.29) is 5.91 Å². The highest BCUT2D eigenvalue weighted by Gasteiger charge is 2.17. The summed E-state index contributed by atoms with van der Waals surface area (Å²) >= 11 is 1.66. The minimum absolute atomic E-state index is 0.00549. The summed E-state index contributed by atoms with van der Waals surface area (Å²) in [6, 6.07) is 5.91. The maximum atomic E-state index is 12.7. The second-order valence-electron chi connectivity index (χ2n) is 8.53. The Bertz CT molecular complexity index is 1350. The van der Waals surface area contributed by atoms with E-state index in [2.05, 4.69) is 22.2 Å². The zero-order valence-corrected chi connectivity index (χ0v) is 20.3. The molecule has 0 atom stereocenters. The lowest BCUT2D eigenvalue weighted by atomic mass is 9.99. The summed E-state index contributed by atoms with van der Waals surface area (Å²) in [5, 5.41) is 9.66. The van der Waals surface area contributed by atoms with E-state index in [0.29, 0.717) is 12.8 Å². The first kappa shape index (κ1) is 21.8. The lowest BCUT2D eigenvalue weighted by molar-refractivity contribution is -0.116. The van der Waals surface area contributed by atoms with Crippen molar-refractivity contribution in [1.82, 2.24) is 19.7 Å². The molecule has 0 saturated carbocycles. The number of morpholine rings is 1. The number of nitrogens with one attached hydrogen (secondary N) is 1. The van der Waals surface area contributed by atoms with Crippen LogP contribution >= 0.6 is 11.3 Å². The van der Waals surface area contributed by atoms with E-state index < -0.39 is 0 Å². The number of thiazole rings is 1. The van der Waals surface area contributed by atoms with Gasteiger partial charge in [-0.1, -0.05) is 11.3 Å². The molecule has 1 aromatic carbocycles. The second kappa shape index (κ2) is 8.72. The maximum Gasteiger partial charge on any atom is 0.224 e. The third-order valence-electron chi connectivity index (χ3n) is 6.27. The van der Waals surface area contributed by atoms with Gasteiger partial charge in [-0.15, -0.1) is 0 Å². The molecular weight excluding hydrogens is 436 g/mol. The van der Waals surface area contributed by atoms with Gasteiger partial charge in [0.25, 0.3) is 0 Å². The third-order valence-corrected chi connectivity index (χ3v) is 7.35. The molecule has 1 N–H and O–H groups in total. The van der Waals surface area contributed by atoms with E-state index in [9.17, 15) is 4.79 Å². The molecule has 1 amide bonds. The smallest absolute Gasteiger partial charge is 0.224 e. The van der Waals surface area contributed by atoms with E-state index >= 15 is 0 Å². The number of carbonyl (C=O) groups excluding carboxylic acids is 1. The number of nitrogens with zero attached hydrogens (tertiary/aromatic N) is 5. The van der Waals surface area contributed by atoms with E-state index in [0.717, 1.165) is 80.9 Å². The fourth-order valence-corrected chi connectivity index (χ4v) is 5.63. The maximum absolute atomic E-state index is 12.7. The summed E-state index contributed by atoms with van der Waals surface area (Å²) in [4.78, 5) is 24.5. The van der Waals surface area contributed by atoms with Crippen LogP contribution in [0, 0.1) is 20.8 Å². The van der Waals surface area contributed by atoms with Gasteiger partial charge in [0.1, 0.15) is 0 Å². The summed E-state index contributed by atoms with van der Waals surface area (Å²) in [7, 11) is 1.91. The Morgan fingerprint density at radius 3 is 2.73 bits per heavy atom. The molecule has 9 heteroatoms. The minimum Gasteiger partial charge on any atom is -0.378 e. The Balaban J connectivity index is 1.29. The lowest BCUT2D eigenvalue weighted by Gasteiger charge is -2.25. The fourth-order valence-electron chi connectivity index (χ4n) is 4.57. The summed E-state index contributed by atoms with van der Waals surface area (Å²) in [6.07, 6.45) is 1.04. The predicted octanol–water partition coefficient (Wildman–Crippen LogP) is 3.91. The van der Waals surface area contributed by atoms with Crippen LogP contribution in [0.15, 0.2) is 18.2 Å². The van der Waals surface area contributed by atoms with Gasteiger partial charge < -0.3 is 15.0 Å². The van der Waals surface area contributed by atoms with Gasteiger partial charge in [-0.25, -0.2) is 9.97 Å². The average Bonchev–Trinajstić information content (AvgIpc) is 3.34. The van der Waals surface area contributed by atoms with E-state index in [4.69, 9.17) is 14.7 Å². The molecule has 5 rings (SSSR count). The van der Waals surface area contributed by atoms with Crippen molar-refractivity contribution in [1.29, 1.82) is 0 Å². The number of fused-ring (bicyclic) bond motifs is 2. The predicted molar refractivity (Wildman–Crippen MR) is 132 cm³/mol. The quantitative estimate of drug-likeness (QED) is 0.482. The normalized spacial score (nSPS) is 14.4. The Kier molecular flexibility index (Phi) is 5.76. The number of amides is 1. The lowest BCUT2D eigenvalue weighted by Crippen LogP contribution is -2.36. The molecule has 1 aliphatic heterocycles. The van der Waals surface area contributed by atoms with Crippen LogP contribution in [0.2, 0.25) is 0 Å². The minimum atomic E-state index is -0.00549. The van der Waals surface area contributed by atoms with Crippen molar-refractivity contribution < 1.29 is 9.53 Å². The monoisotopic (exact) mass is 464 g/mol. The fraction of sp³-hybridized carbons (Fsp3) is 0.417. The van der Waals surface area contributed by atoms with E-state index in [1.54, 1.807) is 11.3 Å². The van der Waals surface area contributed by atoms with Crippen molar-refractivity contribution in [3.63, 3.8) is 0 Å². The summed E-state index contributed by atoms with van der Waals surface area (Å²) in [5.41, 5.74) is 6.87. The van der Waals surface area contributed by atoms with Gasteiger partial charge in [0.2, 0.25) is 5.91 Å². The number of aryl methyl sites for hydroxylation is 4. The van der Waals surface area contributed by atoms with Gasteiger partial charge in [0.15, 0.2) is 10.8 Å². The Morgan fingerprint density at radius 1 is 1.15 bits per heavy atom. The van der Waals surface area contributed by atoms with Crippen molar-refractivity contribution in [3.05, 3.63) is 40.7 Å². The first-order valence-electron chi connectivity index (χ1n) is 11.2. The van der Waals surface area contributed by atoms with Crippen molar-refractivity contribution in [3.8, 4) is 0 Å². The molecule has 0 bridgehead atoms. The van der Waals surface area contributed by atoms with Crippen molar-refractivity contribution >= 4 is 49.3 Å². The number of rotatable bonds is 5. The van der Waals surface area contributed by atoms with Crippen molar-refractivity contribution in [2.75, 3.05) is 36.5 Å². The molecule has 172 valence electrons. The number of benzene rings is 1. The number of pyridine rings is 1. The van der Waals surface area contributed by atoms with E-state index in [1.807, 2.05) is 43.8 Å². The topological polar surface area (TPSA) is 85.2 Å². The standard InChI is InChI=1S/C24H28N6O2S/c1-14-18(15(2)25-23-22(14)16(3)28-29(23)4)6-8-21(31)26-17-5-7-19-20(13-17)33-24(27-19)30-9-11-32-12-10-30/h5,7,13H,6,8-12H2,1-4H3,(H,26,31). The first-order valence-corrected chi connectivity index (χ1v) is 12.0. The van der Waals surface area contributed by atoms with Gasteiger partial charge >= 0.3 is 0 Å². The number of ether oxygens (including phenoxy) is 1. The molecule has 1 saturated heterocycles. The highest BCUT2D eigenvalue weighted by atomic mass is 32.1. The van der Waals surface area contributed by atoms with E-state index in [1.165, 1.54) is 0 Å². The highest BCUT2D eigenvalue weighted by Crippen LogP contribution is 2.31. The molecule has 0 radical (unpaired) electrons. The molecule has 8 nitrogen and oxygen atoms in total. The summed E-state index contributed by atoms with van der Waals surface area (Å²) in [5.74, 6) is -0.00549. The number of anilines is 2. The largest absolute Gasteiger partial charge is 0.378 e. The Hall–Kier alpha value is -3.04. The average molecular weight is 465 g/mol. The zero-order chi connectivity index (χ0) is 23.1. The number of hydrogen-bond donors (Lipinski definition) is 1. The molecule has 0 spiro atoms. The molecular formula is C24H28N6O2S. The first-order chi connectivity index (χ1) is 15.9. The van der Waals surface area contributed by atoms with Crippen LogP contribution in [0.1, 0.15) is 28.9 Å². The molecule has 1 aliphatic rings. The van der Waals surface area contributed by atoms with Gasteiger partial charge in [0, 0.05) is 43.3 Å². The Morgan fingerprint density at radius 2 is 1.94 bits per heavy atom. The summed E-state index contributed by atoms with van der Waals surface area (Å²) in [6.45, 7) is 9.30. The highest BCUT2D eigenvalue weighted by molar-refractivity contribution is 7.22. The van der Waals surface area contributed by atoms with Crippen LogP contribution in [0.25, 0.3) is 21.3 Å².